The molecule has 0 unspecified atom stereocenters. The summed E-state index contributed by atoms with van der Waals surface area (Å²) in [5.74, 6) is 1.23. The molecule has 0 aliphatic heterocycles. The highest BCUT2D eigenvalue weighted by molar-refractivity contribution is 5.49. The molecule has 3 rings (SSSR count). The van der Waals surface area contributed by atoms with Crippen LogP contribution in [0, 0.1) is 6.92 Å². The van der Waals surface area contributed by atoms with Crippen LogP contribution in [0.2, 0.25) is 0 Å². The SMILES string of the molecule is Cc1ccnc(-c2noc(C3(CN)CCCC3)n2)c1. The Hall–Kier alpha value is -1.75. The summed E-state index contributed by atoms with van der Waals surface area (Å²) in [4.78, 5) is 8.81. The molecule has 100 valence electrons. The highest BCUT2D eigenvalue weighted by Gasteiger charge is 2.39. The van der Waals surface area contributed by atoms with Gasteiger partial charge in [0.2, 0.25) is 11.7 Å². The van der Waals surface area contributed by atoms with E-state index >= 15 is 0 Å². The number of nitrogens with zero attached hydrogens (tertiary/aromatic N) is 3. The molecule has 1 aliphatic carbocycles. The predicted molar refractivity (Wildman–Crippen MR) is 71.5 cm³/mol. The van der Waals surface area contributed by atoms with Crippen molar-refractivity contribution in [2.24, 2.45) is 5.73 Å². The van der Waals surface area contributed by atoms with Crippen molar-refractivity contribution in [3.8, 4) is 11.5 Å². The number of aromatic nitrogens is 3. The second kappa shape index (κ2) is 4.74. The van der Waals surface area contributed by atoms with Crippen LogP contribution in [-0.2, 0) is 5.41 Å². The van der Waals surface area contributed by atoms with Crippen molar-refractivity contribution in [3.63, 3.8) is 0 Å². The van der Waals surface area contributed by atoms with E-state index in [1.165, 1.54) is 12.8 Å². The molecule has 2 N–H and O–H groups in total. The van der Waals surface area contributed by atoms with Crippen LogP contribution in [0.5, 0.6) is 0 Å². The van der Waals surface area contributed by atoms with Gasteiger partial charge in [-0.2, -0.15) is 4.98 Å². The van der Waals surface area contributed by atoms with E-state index in [1.54, 1.807) is 6.20 Å². The normalized spacial score (nSPS) is 17.8. The zero-order valence-corrected chi connectivity index (χ0v) is 11.1. The lowest BCUT2D eigenvalue weighted by Gasteiger charge is -2.21. The summed E-state index contributed by atoms with van der Waals surface area (Å²) in [6.45, 7) is 2.58. The van der Waals surface area contributed by atoms with Gasteiger partial charge in [-0.1, -0.05) is 18.0 Å². The maximum atomic E-state index is 5.93. The molecule has 5 nitrogen and oxygen atoms in total. The van der Waals surface area contributed by atoms with Gasteiger partial charge >= 0.3 is 0 Å². The molecule has 0 atom stereocenters. The van der Waals surface area contributed by atoms with Crippen molar-refractivity contribution < 1.29 is 4.52 Å². The second-order valence-electron chi connectivity index (χ2n) is 5.33. The Bertz CT molecular complexity index is 572. The molecular formula is C14H18N4O. The molecule has 2 heterocycles. The van der Waals surface area contributed by atoms with E-state index < -0.39 is 0 Å². The van der Waals surface area contributed by atoms with Crippen molar-refractivity contribution in [3.05, 3.63) is 29.8 Å². The molecule has 1 saturated carbocycles. The first-order chi connectivity index (χ1) is 9.23. The topological polar surface area (TPSA) is 77.8 Å². The summed E-state index contributed by atoms with van der Waals surface area (Å²) in [6, 6.07) is 3.90. The minimum Gasteiger partial charge on any atom is -0.338 e. The third kappa shape index (κ3) is 2.14. The summed E-state index contributed by atoms with van der Waals surface area (Å²) in [7, 11) is 0. The Morgan fingerprint density at radius 3 is 2.84 bits per heavy atom. The third-order valence-electron chi connectivity index (χ3n) is 3.98. The summed E-state index contributed by atoms with van der Waals surface area (Å²) in [6.07, 6.45) is 6.18. The molecule has 2 aromatic rings. The molecule has 19 heavy (non-hydrogen) atoms. The highest BCUT2D eigenvalue weighted by Crippen LogP contribution is 2.39. The van der Waals surface area contributed by atoms with Gasteiger partial charge in [0.15, 0.2) is 0 Å². The van der Waals surface area contributed by atoms with Crippen LogP contribution in [-0.4, -0.2) is 21.7 Å². The van der Waals surface area contributed by atoms with E-state index in [1.807, 2.05) is 19.1 Å². The predicted octanol–water partition coefficient (Wildman–Crippen LogP) is 2.21. The summed E-state index contributed by atoms with van der Waals surface area (Å²) in [5.41, 5.74) is 7.69. The minimum absolute atomic E-state index is 0.116. The standard InChI is InChI=1S/C14H18N4O/c1-10-4-7-16-11(8-10)12-17-13(19-18-12)14(9-15)5-2-3-6-14/h4,7-8H,2-3,5-6,9,15H2,1H3. The van der Waals surface area contributed by atoms with Crippen molar-refractivity contribution in [1.29, 1.82) is 0 Å². The molecule has 2 aromatic heterocycles. The van der Waals surface area contributed by atoms with Crippen molar-refractivity contribution >= 4 is 0 Å². The number of hydrogen-bond acceptors (Lipinski definition) is 5. The Labute approximate surface area is 112 Å². The number of rotatable bonds is 3. The third-order valence-corrected chi connectivity index (χ3v) is 3.98. The number of hydrogen-bond donors (Lipinski definition) is 1. The molecule has 1 fully saturated rings. The quantitative estimate of drug-likeness (QED) is 0.913. The van der Waals surface area contributed by atoms with Gasteiger partial charge in [0.1, 0.15) is 5.69 Å². The van der Waals surface area contributed by atoms with E-state index in [-0.39, 0.29) is 5.41 Å². The van der Waals surface area contributed by atoms with E-state index in [9.17, 15) is 0 Å². The minimum atomic E-state index is -0.116. The molecule has 0 spiro atoms. The second-order valence-corrected chi connectivity index (χ2v) is 5.33. The smallest absolute Gasteiger partial charge is 0.234 e. The van der Waals surface area contributed by atoms with Gasteiger partial charge in [-0.15, -0.1) is 0 Å². The van der Waals surface area contributed by atoms with Gasteiger partial charge in [0.05, 0.1) is 5.41 Å². The molecule has 0 aromatic carbocycles. The van der Waals surface area contributed by atoms with Crippen molar-refractivity contribution in [2.75, 3.05) is 6.54 Å². The summed E-state index contributed by atoms with van der Waals surface area (Å²) < 4.78 is 5.46. The van der Waals surface area contributed by atoms with Crippen LogP contribution >= 0.6 is 0 Å². The molecule has 0 saturated heterocycles. The first kappa shape index (κ1) is 12.3. The number of pyridine rings is 1. The van der Waals surface area contributed by atoms with Crippen molar-refractivity contribution in [1.82, 2.24) is 15.1 Å². The lowest BCUT2D eigenvalue weighted by Crippen LogP contribution is -2.32. The maximum Gasteiger partial charge on any atom is 0.234 e. The molecular weight excluding hydrogens is 240 g/mol. The van der Waals surface area contributed by atoms with Gasteiger partial charge in [-0.05, 0) is 37.5 Å². The van der Waals surface area contributed by atoms with E-state index in [0.717, 1.165) is 24.1 Å². The number of nitrogens with two attached hydrogens (primary N) is 1. The Morgan fingerprint density at radius 2 is 2.16 bits per heavy atom. The Morgan fingerprint density at radius 1 is 1.37 bits per heavy atom. The highest BCUT2D eigenvalue weighted by atomic mass is 16.5. The monoisotopic (exact) mass is 258 g/mol. The van der Waals surface area contributed by atoms with Crippen molar-refractivity contribution in [2.45, 2.75) is 38.0 Å². The van der Waals surface area contributed by atoms with Gasteiger partial charge < -0.3 is 10.3 Å². The largest absolute Gasteiger partial charge is 0.338 e. The molecule has 0 radical (unpaired) electrons. The average molecular weight is 258 g/mol. The molecule has 0 bridgehead atoms. The van der Waals surface area contributed by atoms with E-state index in [0.29, 0.717) is 18.3 Å². The van der Waals surface area contributed by atoms with E-state index in [4.69, 9.17) is 10.3 Å². The average Bonchev–Trinajstić information content (AvgIpc) is 3.08. The van der Waals surface area contributed by atoms with Gasteiger partial charge in [0, 0.05) is 12.7 Å². The number of aryl methyl sites for hydroxylation is 1. The van der Waals surface area contributed by atoms with Gasteiger partial charge in [-0.3, -0.25) is 4.98 Å². The zero-order chi connectivity index (χ0) is 13.3. The van der Waals surface area contributed by atoms with Gasteiger partial charge in [-0.25, -0.2) is 0 Å². The fourth-order valence-corrected chi connectivity index (χ4v) is 2.76. The summed E-state index contributed by atoms with van der Waals surface area (Å²) >= 11 is 0. The Kier molecular flexibility index (Phi) is 3.06. The zero-order valence-electron chi connectivity index (χ0n) is 11.1. The van der Waals surface area contributed by atoms with Crippen LogP contribution in [0.25, 0.3) is 11.5 Å². The van der Waals surface area contributed by atoms with Crippen LogP contribution in [0.3, 0.4) is 0 Å². The van der Waals surface area contributed by atoms with Crippen LogP contribution < -0.4 is 5.73 Å². The maximum absolute atomic E-state index is 5.93. The first-order valence-corrected chi connectivity index (χ1v) is 6.71. The fraction of sp³-hybridized carbons (Fsp3) is 0.500. The first-order valence-electron chi connectivity index (χ1n) is 6.71. The van der Waals surface area contributed by atoms with Crippen LogP contribution in [0.1, 0.15) is 37.1 Å². The molecule has 1 aliphatic rings. The van der Waals surface area contributed by atoms with E-state index in [2.05, 4.69) is 15.1 Å². The fourth-order valence-electron chi connectivity index (χ4n) is 2.76. The lowest BCUT2D eigenvalue weighted by atomic mass is 9.86. The summed E-state index contributed by atoms with van der Waals surface area (Å²) in [5, 5.41) is 4.06. The lowest BCUT2D eigenvalue weighted by molar-refractivity contribution is 0.284. The molecule has 0 amide bonds. The molecule has 5 heteroatoms. The van der Waals surface area contributed by atoms with Crippen LogP contribution in [0.4, 0.5) is 0 Å². The van der Waals surface area contributed by atoms with Gasteiger partial charge in [0.25, 0.3) is 0 Å². The Balaban J connectivity index is 1.95. The van der Waals surface area contributed by atoms with Crippen LogP contribution in [0.15, 0.2) is 22.9 Å².